The average molecular weight is 563 g/mol. The van der Waals surface area contributed by atoms with E-state index in [0.717, 1.165) is 12.8 Å². The molecule has 0 radical (unpaired) electrons. The summed E-state index contributed by atoms with van der Waals surface area (Å²) < 4.78 is 16.7. The Morgan fingerprint density at radius 1 is 1.08 bits per heavy atom. The monoisotopic (exact) mass is 562 g/mol. The van der Waals surface area contributed by atoms with E-state index in [4.69, 9.17) is 33.9 Å². The van der Waals surface area contributed by atoms with Gasteiger partial charge in [0.2, 0.25) is 23.7 Å². The predicted octanol–water partition coefficient (Wildman–Crippen LogP) is 4.66. The molecule has 0 bridgehead atoms. The van der Waals surface area contributed by atoms with Gasteiger partial charge in [-0.2, -0.15) is 4.98 Å². The third-order valence-corrected chi connectivity index (χ3v) is 7.93. The largest absolute Gasteiger partial charge is 0.369 e. The molecule has 5 rings (SSSR count). The average Bonchev–Trinajstić information content (AvgIpc) is 3.24. The maximum Gasteiger partial charge on any atom is 0.224 e. The van der Waals surface area contributed by atoms with E-state index in [-0.39, 0.29) is 45.5 Å². The summed E-state index contributed by atoms with van der Waals surface area (Å²) in [4.78, 5) is 39.1. The van der Waals surface area contributed by atoms with E-state index in [1.165, 1.54) is 12.1 Å². The van der Waals surface area contributed by atoms with Crippen molar-refractivity contribution in [2.24, 2.45) is 11.7 Å². The highest BCUT2D eigenvalue weighted by molar-refractivity contribution is 6.36. The van der Waals surface area contributed by atoms with E-state index < -0.39 is 5.82 Å². The molecule has 1 saturated heterocycles. The normalized spacial score (nSPS) is 20.5. The van der Waals surface area contributed by atoms with Crippen LogP contribution in [0, 0.1) is 11.7 Å². The lowest BCUT2D eigenvalue weighted by molar-refractivity contribution is -0.129. The molecule has 38 heavy (non-hydrogen) atoms. The minimum atomic E-state index is -0.608. The standard InChI is InChI=1S/C25H29Cl2FN8O2/c1-13(37)35-8-6-16(7-9-35)31-24-30-12-20-23(34-24)36(17-4-2-14(3-5-17)22(29)38)25(32-20)33-21-18(27)10-15(26)11-19(21)28/h10-12,14,16-17H,2-9H2,1H3,(H2,29,38)(H,32,33)(H,30,31,34)/t14-,17-. The Balaban J connectivity index is 1.47. The molecule has 1 aliphatic carbocycles. The van der Waals surface area contributed by atoms with E-state index in [9.17, 15) is 14.0 Å². The van der Waals surface area contributed by atoms with Gasteiger partial charge in [-0.1, -0.05) is 23.2 Å². The number of rotatable bonds is 6. The first-order chi connectivity index (χ1) is 18.2. The number of fused-ring (bicyclic) bond motifs is 1. The molecule has 13 heteroatoms. The first-order valence-electron chi connectivity index (χ1n) is 12.7. The van der Waals surface area contributed by atoms with Gasteiger partial charge in [0.25, 0.3) is 0 Å². The van der Waals surface area contributed by atoms with Crippen LogP contribution in [-0.2, 0) is 9.59 Å². The Bertz CT molecular complexity index is 1340. The predicted molar refractivity (Wildman–Crippen MR) is 144 cm³/mol. The summed E-state index contributed by atoms with van der Waals surface area (Å²) in [6.07, 6.45) is 5.85. The van der Waals surface area contributed by atoms with Crippen molar-refractivity contribution in [3.05, 3.63) is 34.2 Å². The van der Waals surface area contributed by atoms with Crippen molar-refractivity contribution < 1.29 is 14.0 Å². The maximum absolute atomic E-state index is 14.8. The van der Waals surface area contributed by atoms with Gasteiger partial charge in [0.1, 0.15) is 11.3 Å². The smallest absolute Gasteiger partial charge is 0.224 e. The quantitative estimate of drug-likeness (QED) is 0.398. The van der Waals surface area contributed by atoms with Gasteiger partial charge in [-0.15, -0.1) is 0 Å². The van der Waals surface area contributed by atoms with Gasteiger partial charge >= 0.3 is 0 Å². The molecule has 4 N–H and O–H groups in total. The highest BCUT2D eigenvalue weighted by Gasteiger charge is 2.30. The zero-order valence-electron chi connectivity index (χ0n) is 20.9. The maximum atomic E-state index is 14.8. The Morgan fingerprint density at radius 2 is 1.79 bits per heavy atom. The number of imidazole rings is 1. The third kappa shape index (κ3) is 5.49. The number of aromatic nitrogens is 4. The molecule has 2 fully saturated rings. The van der Waals surface area contributed by atoms with Gasteiger partial charge < -0.3 is 21.3 Å². The Kier molecular flexibility index (Phi) is 7.58. The van der Waals surface area contributed by atoms with Crippen molar-refractivity contribution in [3.8, 4) is 0 Å². The van der Waals surface area contributed by atoms with Crippen LogP contribution in [-0.4, -0.2) is 55.4 Å². The number of likely N-dealkylation sites (tertiary alicyclic amines) is 1. The van der Waals surface area contributed by atoms with Crippen LogP contribution in [0.1, 0.15) is 51.5 Å². The van der Waals surface area contributed by atoms with Crippen LogP contribution >= 0.6 is 23.2 Å². The van der Waals surface area contributed by atoms with E-state index in [0.29, 0.717) is 61.8 Å². The molecular formula is C25H29Cl2FN8O2. The van der Waals surface area contributed by atoms with Crippen molar-refractivity contribution >= 4 is 63.8 Å². The van der Waals surface area contributed by atoms with Gasteiger partial charge in [-0.3, -0.25) is 14.2 Å². The molecule has 202 valence electrons. The highest BCUT2D eigenvalue weighted by atomic mass is 35.5. The fraction of sp³-hybridized carbons (Fsp3) is 0.480. The fourth-order valence-electron chi connectivity index (χ4n) is 5.31. The molecule has 1 aromatic carbocycles. The molecule has 10 nitrogen and oxygen atoms in total. The number of benzene rings is 1. The number of hydrogen-bond acceptors (Lipinski definition) is 7. The summed E-state index contributed by atoms with van der Waals surface area (Å²) in [6, 6.07) is 2.72. The van der Waals surface area contributed by atoms with Gasteiger partial charge in [-0.25, -0.2) is 14.4 Å². The Hall–Kier alpha value is -3.18. The number of piperidine rings is 1. The third-order valence-electron chi connectivity index (χ3n) is 7.41. The Morgan fingerprint density at radius 3 is 2.42 bits per heavy atom. The molecule has 1 aliphatic heterocycles. The van der Waals surface area contributed by atoms with Gasteiger partial charge in [0.15, 0.2) is 5.65 Å². The zero-order chi connectivity index (χ0) is 27.0. The van der Waals surface area contributed by atoms with Crippen LogP contribution in [0.4, 0.5) is 22.0 Å². The second kappa shape index (κ2) is 10.9. The zero-order valence-corrected chi connectivity index (χ0v) is 22.4. The number of amides is 2. The summed E-state index contributed by atoms with van der Waals surface area (Å²) in [5.41, 5.74) is 6.72. The number of nitrogens with two attached hydrogens (primary N) is 1. The number of primary amides is 1. The van der Waals surface area contributed by atoms with Crippen LogP contribution in [0.2, 0.25) is 10.0 Å². The van der Waals surface area contributed by atoms with Crippen LogP contribution < -0.4 is 16.4 Å². The number of carbonyl (C=O) groups is 2. The summed E-state index contributed by atoms with van der Waals surface area (Å²) in [7, 11) is 0. The van der Waals surface area contributed by atoms with E-state index in [2.05, 4.69) is 20.6 Å². The lowest BCUT2D eigenvalue weighted by atomic mass is 9.85. The lowest BCUT2D eigenvalue weighted by Gasteiger charge is -2.31. The van der Waals surface area contributed by atoms with Crippen LogP contribution in [0.15, 0.2) is 18.3 Å². The van der Waals surface area contributed by atoms with E-state index >= 15 is 0 Å². The topological polar surface area (TPSA) is 131 Å². The number of nitrogens with one attached hydrogen (secondary N) is 2. The number of hydrogen-bond donors (Lipinski definition) is 3. The number of anilines is 3. The van der Waals surface area contributed by atoms with E-state index in [1.54, 1.807) is 13.1 Å². The molecule has 1 saturated carbocycles. The second-order valence-electron chi connectivity index (χ2n) is 9.91. The SMILES string of the molecule is CC(=O)N1CCC(Nc2ncc3nc(Nc4c(F)cc(Cl)cc4Cl)n([C@H]4CC[C@H](C(N)=O)CC4)c3n2)CC1. The molecule has 2 aromatic heterocycles. The molecule has 0 spiro atoms. The Labute approximate surface area is 229 Å². The molecule has 0 atom stereocenters. The first kappa shape index (κ1) is 26.4. The summed E-state index contributed by atoms with van der Waals surface area (Å²) in [5.74, 6) is -0.178. The first-order valence-corrected chi connectivity index (χ1v) is 13.4. The molecule has 3 aromatic rings. The lowest BCUT2D eigenvalue weighted by Crippen LogP contribution is -2.41. The van der Waals surface area contributed by atoms with Crippen LogP contribution in [0.25, 0.3) is 11.2 Å². The second-order valence-corrected chi connectivity index (χ2v) is 10.8. The number of halogens is 3. The minimum absolute atomic E-state index is 0.0474. The molecule has 2 aliphatic rings. The number of carbonyl (C=O) groups excluding carboxylic acids is 2. The molecular weight excluding hydrogens is 534 g/mol. The molecule has 3 heterocycles. The van der Waals surface area contributed by atoms with Gasteiger partial charge in [0, 0.05) is 43.0 Å². The van der Waals surface area contributed by atoms with Crippen molar-refractivity contribution in [2.45, 2.75) is 57.5 Å². The van der Waals surface area contributed by atoms with Crippen molar-refractivity contribution in [1.82, 2.24) is 24.4 Å². The van der Waals surface area contributed by atoms with Crippen LogP contribution in [0.3, 0.4) is 0 Å². The van der Waals surface area contributed by atoms with Crippen molar-refractivity contribution in [3.63, 3.8) is 0 Å². The van der Waals surface area contributed by atoms with Gasteiger partial charge in [-0.05, 0) is 50.7 Å². The fourth-order valence-corrected chi connectivity index (χ4v) is 5.82. The summed E-state index contributed by atoms with van der Waals surface area (Å²) in [5, 5.41) is 6.74. The molecule has 2 amide bonds. The minimum Gasteiger partial charge on any atom is -0.369 e. The van der Waals surface area contributed by atoms with Crippen LogP contribution in [0.5, 0.6) is 0 Å². The van der Waals surface area contributed by atoms with Gasteiger partial charge in [0.05, 0.1) is 16.9 Å². The van der Waals surface area contributed by atoms with Crippen molar-refractivity contribution in [2.75, 3.05) is 23.7 Å². The van der Waals surface area contributed by atoms with Crippen molar-refractivity contribution in [1.29, 1.82) is 0 Å². The highest BCUT2D eigenvalue weighted by Crippen LogP contribution is 2.38. The number of nitrogens with zero attached hydrogens (tertiary/aromatic N) is 5. The molecule has 0 unspecified atom stereocenters. The summed E-state index contributed by atoms with van der Waals surface area (Å²) >= 11 is 12.2. The summed E-state index contributed by atoms with van der Waals surface area (Å²) in [6.45, 7) is 2.94. The van der Waals surface area contributed by atoms with E-state index in [1.807, 2.05) is 9.47 Å².